The summed E-state index contributed by atoms with van der Waals surface area (Å²) in [5, 5.41) is 0. The van der Waals surface area contributed by atoms with Crippen LogP contribution in [0.15, 0.2) is 42.5 Å². The smallest absolute Gasteiger partial charge is 0.226 e. The number of likely N-dealkylation sites (tertiary alicyclic amines) is 1. The van der Waals surface area contributed by atoms with Crippen LogP contribution in [0, 0.1) is 11.7 Å². The number of aromatic nitrogens is 2. The van der Waals surface area contributed by atoms with Crippen LogP contribution in [0.4, 0.5) is 4.39 Å². The van der Waals surface area contributed by atoms with Crippen molar-refractivity contribution in [1.82, 2.24) is 14.9 Å². The fourth-order valence-electron chi connectivity index (χ4n) is 4.49. The van der Waals surface area contributed by atoms with Gasteiger partial charge in [-0.15, -0.1) is 0 Å². The second-order valence-electron chi connectivity index (χ2n) is 8.10. The van der Waals surface area contributed by atoms with Crippen molar-refractivity contribution in [3.63, 3.8) is 0 Å². The maximum absolute atomic E-state index is 13.4. The number of nitrogens with zero attached hydrogens (tertiary/aromatic N) is 2. The highest BCUT2D eigenvalue weighted by Crippen LogP contribution is 2.49. The van der Waals surface area contributed by atoms with E-state index in [4.69, 9.17) is 4.74 Å². The van der Waals surface area contributed by atoms with Gasteiger partial charge in [-0.3, -0.25) is 4.79 Å². The van der Waals surface area contributed by atoms with Crippen LogP contribution >= 0.6 is 0 Å². The molecule has 2 heterocycles. The largest absolute Gasteiger partial charge is 0.497 e. The average Bonchev–Trinajstić information content (AvgIpc) is 3.45. The third-order valence-corrected chi connectivity index (χ3v) is 6.31. The van der Waals surface area contributed by atoms with Gasteiger partial charge in [-0.1, -0.05) is 12.1 Å². The number of nitrogens with one attached hydrogen (secondary N) is 1. The van der Waals surface area contributed by atoms with E-state index in [1.165, 1.54) is 17.7 Å². The van der Waals surface area contributed by atoms with Gasteiger partial charge in [0.15, 0.2) is 0 Å². The Morgan fingerprint density at radius 2 is 1.93 bits per heavy atom. The monoisotopic (exact) mass is 393 g/mol. The molecular weight excluding hydrogens is 369 g/mol. The highest BCUT2D eigenvalue weighted by Gasteiger charge is 2.46. The number of aromatic amines is 1. The van der Waals surface area contributed by atoms with Gasteiger partial charge in [-0.05, 0) is 61.1 Å². The van der Waals surface area contributed by atoms with E-state index in [1.807, 2.05) is 17.0 Å². The van der Waals surface area contributed by atoms with Gasteiger partial charge in [-0.2, -0.15) is 0 Å². The molecule has 0 radical (unpaired) electrons. The summed E-state index contributed by atoms with van der Waals surface area (Å²) in [5.74, 6) is 2.48. The maximum Gasteiger partial charge on any atom is 0.226 e. The Bertz CT molecular complexity index is 1040. The topological polar surface area (TPSA) is 58.2 Å². The third-order valence-electron chi connectivity index (χ3n) is 6.31. The van der Waals surface area contributed by atoms with Crippen LogP contribution in [-0.4, -0.2) is 41.0 Å². The summed E-state index contributed by atoms with van der Waals surface area (Å²) < 4.78 is 18.6. The summed E-state index contributed by atoms with van der Waals surface area (Å²) in [7, 11) is 1.66. The lowest BCUT2D eigenvalue weighted by atomic mass is 9.95. The van der Waals surface area contributed by atoms with Gasteiger partial charge >= 0.3 is 0 Å². The molecule has 29 heavy (non-hydrogen) atoms. The second-order valence-corrected chi connectivity index (χ2v) is 8.10. The fourth-order valence-corrected chi connectivity index (χ4v) is 4.49. The van der Waals surface area contributed by atoms with E-state index in [0.717, 1.165) is 55.0 Å². The lowest BCUT2D eigenvalue weighted by Gasteiger charge is -2.31. The number of carbonyl (C=O) groups excluding carboxylic acids is 1. The lowest BCUT2D eigenvalue weighted by molar-refractivity contribution is -0.133. The standard InChI is InChI=1S/C23H24FN3O2/c1-29-17-5-2-14(3-6-17)18-13-19(18)23(28)27-10-8-15(9-11-27)22-25-20-7-4-16(24)12-21(20)26-22/h2-7,12,15,18-19H,8-11,13H2,1H3,(H,25,26). The molecule has 2 atom stereocenters. The number of carbonyl (C=O) groups is 1. The molecule has 3 aromatic rings. The van der Waals surface area contributed by atoms with E-state index in [-0.39, 0.29) is 23.6 Å². The second kappa shape index (κ2) is 7.17. The fraction of sp³-hybridized carbons (Fsp3) is 0.391. The first kappa shape index (κ1) is 18.2. The van der Waals surface area contributed by atoms with E-state index in [0.29, 0.717) is 5.92 Å². The molecular formula is C23H24FN3O2. The highest BCUT2D eigenvalue weighted by molar-refractivity contribution is 5.83. The minimum atomic E-state index is -0.260. The van der Waals surface area contributed by atoms with Crippen molar-refractivity contribution in [1.29, 1.82) is 0 Å². The molecule has 2 fully saturated rings. The van der Waals surface area contributed by atoms with Crippen molar-refractivity contribution in [2.24, 2.45) is 5.92 Å². The average molecular weight is 393 g/mol. The number of imidazole rings is 1. The van der Waals surface area contributed by atoms with E-state index < -0.39 is 0 Å². The minimum Gasteiger partial charge on any atom is -0.497 e. The molecule has 150 valence electrons. The predicted octanol–water partition coefficient (Wildman–Crippen LogP) is 4.22. The Morgan fingerprint density at radius 3 is 2.66 bits per heavy atom. The van der Waals surface area contributed by atoms with Crippen molar-refractivity contribution >= 4 is 16.9 Å². The zero-order chi connectivity index (χ0) is 20.0. The normalized spacial score (nSPS) is 22.1. The lowest BCUT2D eigenvalue weighted by Crippen LogP contribution is -2.39. The quantitative estimate of drug-likeness (QED) is 0.722. The van der Waals surface area contributed by atoms with Crippen molar-refractivity contribution in [2.75, 3.05) is 20.2 Å². The summed E-state index contributed by atoms with van der Waals surface area (Å²) in [6, 6.07) is 12.7. The van der Waals surface area contributed by atoms with Crippen molar-refractivity contribution in [3.8, 4) is 5.75 Å². The molecule has 0 bridgehead atoms. The molecule has 5 nitrogen and oxygen atoms in total. The number of ether oxygens (including phenoxy) is 1. The number of H-pyrrole nitrogens is 1. The van der Waals surface area contributed by atoms with E-state index >= 15 is 0 Å². The molecule has 2 aliphatic rings. The van der Waals surface area contributed by atoms with Gasteiger partial charge in [0.2, 0.25) is 5.91 Å². The summed E-state index contributed by atoms with van der Waals surface area (Å²) in [6.45, 7) is 1.50. The van der Waals surface area contributed by atoms with Crippen LogP contribution in [0.2, 0.25) is 0 Å². The predicted molar refractivity (Wildman–Crippen MR) is 108 cm³/mol. The van der Waals surface area contributed by atoms with Gasteiger partial charge in [-0.25, -0.2) is 9.37 Å². The van der Waals surface area contributed by atoms with Gasteiger partial charge in [0.05, 0.1) is 18.1 Å². The molecule has 2 aromatic carbocycles. The first-order valence-corrected chi connectivity index (χ1v) is 10.2. The Morgan fingerprint density at radius 1 is 1.17 bits per heavy atom. The number of halogens is 1. The van der Waals surface area contributed by atoms with Crippen molar-refractivity contribution in [2.45, 2.75) is 31.1 Å². The summed E-state index contributed by atoms with van der Waals surface area (Å²) in [4.78, 5) is 22.8. The minimum absolute atomic E-state index is 0.106. The van der Waals surface area contributed by atoms with Crippen LogP contribution in [0.5, 0.6) is 5.75 Å². The maximum atomic E-state index is 13.4. The molecule has 5 rings (SSSR count). The van der Waals surface area contributed by atoms with Crippen LogP contribution in [0.1, 0.15) is 42.5 Å². The van der Waals surface area contributed by atoms with Gasteiger partial charge in [0.1, 0.15) is 17.4 Å². The van der Waals surface area contributed by atoms with Gasteiger partial charge in [0.25, 0.3) is 0 Å². The van der Waals surface area contributed by atoms with Crippen LogP contribution in [0.25, 0.3) is 11.0 Å². The Kier molecular flexibility index (Phi) is 4.49. The van der Waals surface area contributed by atoms with Gasteiger partial charge in [0, 0.05) is 24.9 Å². The zero-order valence-electron chi connectivity index (χ0n) is 16.4. The van der Waals surface area contributed by atoms with Crippen LogP contribution in [-0.2, 0) is 4.79 Å². The molecule has 6 heteroatoms. The molecule has 1 N–H and O–H groups in total. The van der Waals surface area contributed by atoms with Gasteiger partial charge < -0.3 is 14.6 Å². The van der Waals surface area contributed by atoms with E-state index in [1.54, 1.807) is 13.2 Å². The van der Waals surface area contributed by atoms with Crippen LogP contribution < -0.4 is 4.74 Å². The first-order chi connectivity index (χ1) is 14.1. The molecule has 1 saturated heterocycles. The Labute approximate surface area is 168 Å². The highest BCUT2D eigenvalue weighted by atomic mass is 19.1. The molecule has 1 aromatic heterocycles. The molecule has 1 saturated carbocycles. The number of amides is 1. The van der Waals surface area contributed by atoms with E-state index in [9.17, 15) is 9.18 Å². The third kappa shape index (κ3) is 3.48. The molecule has 1 aliphatic carbocycles. The number of methoxy groups -OCH3 is 1. The SMILES string of the molecule is COc1ccc(C2CC2C(=O)N2CCC(c3nc4ccc(F)cc4[nH]3)CC2)cc1. The molecule has 0 spiro atoms. The molecule has 2 unspecified atom stereocenters. The zero-order valence-corrected chi connectivity index (χ0v) is 16.4. The first-order valence-electron chi connectivity index (χ1n) is 10.2. The van der Waals surface area contributed by atoms with E-state index in [2.05, 4.69) is 22.1 Å². The number of hydrogen-bond donors (Lipinski definition) is 1. The number of fused-ring (bicyclic) bond motifs is 1. The number of hydrogen-bond acceptors (Lipinski definition) is 3. The molecule has 1 aliphatic heterocycles. The Balaban J connectivity index is 1.19. The van der Waals surface area contributed by atoms with Crippen molar-refractivity contribution < 1.29 is 13.9 Å². The summed E-state index contributed by atoms with van der Waals surface area (Å²) >= 11 is 0. The Hall–Kier alpha value is -2.89. The van der Waals surface area contributed by atoms with Crippen molar-refractivity contribution in [3.05, 3.63) is 59.7 Å². The van der Waals surface area contributed by atoms with Crippen LogP contribution in [0.3, 0.4) is 0 Å². The summed E-state index contributed by atoms with van der Waals surface area (Å²) in [6.07, 6.45) is 2.70. The summed E-state index contributed by atoms with van der Waals surface area (Å²) in [5.41, 5.74) is 2.74. The number of piperidine rings is 1. The number of rotatable bonds is 4. The molecule has 1 amide bonds. The number of benzene rings is 2.